The molecule has 2 aliphatic rings. The van der Waals surface area contributed by atoms with Gasteiger partial charge in [0.1, 0.15) is 24.0 Å². The van der Waals surface area contributed by atoms with Gasteiger partial charge in [0.05, 0.1) is 11.6 Å². The van der Waals surface area contributed by atoms with Crippen LogP contribution in [0.3, 0.4) is 0 Å². The van der Waals surface area contributed by atoms with E-state index in [1.165, 1.54) is 18.3 Å². The third-order valence-electron chi connectivity index (χ3n) is 6.86. The van der Waals surface area contributed by atoms with Crippen molar-refractivity contribution in [3.05, 3.63) is 54.0 Å². The van der Waals surface area contributed by atoms with Gasteiger partial charge in [-0.25, -0.2) is 19.7 Å². The molecule has 0 unspecified atom stereocenters. The van der Waals surface area contributed by atoms with Crippen LogP contribution >= 0.6 is 0 Å². The number of hydrogen-bond acceptors (Lipinski definition) is 7. The number of nitrogens with zero attached hydrogens (tertiary/aromatic N) is 3. The Morgan fingerprint density at radius 2 is 2.09 bits per heavy atom. The number of fused-ring (bicyclic) bond motifs is 2. The Morgan fingerprint density at radius 3 is 2.97 bits per heavy atom. The van der Waals surface area contributed by atoms with Gasteiger partial charge in [-0.15, -0.1) is 0 Å². The second-order valence-corrected chi connectivity index (χ2v) is 9.27. The molecule has 3 N–H and O–H groups in total. The summed E-state index contributed by atoms with van der Waals surface area (Å²) in [6.45, 7) is 1.42. The summed E-state index contributed by atoms with van der Waals surface area (Å²) in [7, 11) is 0. The zero-order chi connectivity index (χ0) is 23.3. The number of pyridine rings is 1. The SMILES string of the molecule is O=C(O)[C@H](CCO[C@H]1C[C@H](CCc2ccc3c(n2)NCCC3)C1)Nc1ncnc2ccccc12. The first-order valence-corrected chi connectivity index (χ1v) is 12.2. The van der Waals surface area contributed by atoms with Gasteiger partial charge in [0, 0.05) is 30.7 Å². The normalized spacial score (nSPS) is 20.1. The van der Waals surface area contributed by atoms with Crippen LogP contribution < -0.4 is 10.6 Å². The van der Waals surface area contributed by atoms with Crippen molar-refractivity contribution in [3.8, 4) is 0 Å². The molecular formula is C26H31N5O3. The minimum absolute atomic E-state index is 0.220. The Morgan fingerprint density at radius 1 is 1.21 bits per heavy atom. The molecule has 0 radical (unpaired) electrons. The highest BCUT2D eigenvalue weighted by atomic mass is 16.5. The van der Waals surface area contributed by atoms with Crippen LogP contribution in [-0.2, 0) is 22.4 Å². The van der Waals surface area contributed by atoms with Crippen LogP contribution in [0.1, 0.15) is 43.4 Å². The fourth-order valence-corrected chi connectivity index (χ4v) is 4.80. The van der Waals surface area contributed by atoms with Crippen LogP contribution in [0.25, 0.3) is 10.9 Å². The molecule has 3 heterocycles. The van der Waals surface area contributed by atoms with Gasteiger partial charge in [0.2, 0.25) is 0 Å². The number of carbonyl (C=O) groups is 1. The first-order valence-electron chi connectivity index (χ1n) is 12.2. The molecule has 8 heteroatoms. The molecular weight excluding hydrogens is 430 g/mol. The van der Waals surface area contributed by atoms with E-state index in [4.69, 9.17) is 9.72 Å². The Balaban J connectivity index is 1.05. The number of aryl methyl sites for hydroxylation is 2. The first-order chi connectivity index (χ1) is 16.7. The van der Waals surface area contributed by atoms with E-state index in [2.05, 4.69) is 32.7 Å². The molecule has 0 saturated heterocycles. The first kappa shape index (κ1) is 22.5. The zero-order valence-corrected chi connectivity index (χ0v) is 19.2. The molecule has 34 heavy (non-hydrogen) atoms. The Kier molecular flexibility index (Phi) is 6.85. The molecule has 5 rings (SSSR count). The summed E-state index contributed by atoms with van der Waals surface area (Å²) >= 11 is 0. The number of aliphatic carboxylic acids is 1. The Hall–Kier alpha value is -3.26. The fraction of sp³-hybridized carbons (Fsp3) is 0.462. The lowest BCUT2D eigenvalue weighted by atomic mass is 9.79. The number of anilines is 2. The summed E-state index contributed by atoms with van der Waals surface area (Å²) < 4.78 is 5.98. The Labute approximate surface area is 199 Å². The molecule has 2 aromatic heterocycles. The predicted molar refractivity (Wildman–Crippen MR) is 131 cm³/mol. The lowest BCUT2D eigenvalue weighted by Crippen LogP contribution is -2.35. The number of carboxylic acid groups (broad SMARTS) is 1. The maximum atomic E-state index is 11.8. The molecule has 178 valence electrons. The van der Waals surface area contributed by atoms with E-state index in [-0.39, 0.29) is 6.10 Å². The van der Waals surface area contributed by atoms with E-state index in [1.807, 2.05) is 24.3 Å². The van der Waals surface area contributed by atoms with Crippen molar-refractivity contribution in [2.75, 3.05) is 23.8 Å². The highest BCUT2D eigenvalue weighted by molar-refractivity contribution is 5.90. The van der Waals surface area contributed by atoms with Crippen molar-refractivity contribution in [2.45, 2.75) is 57.1 Å². The fourth-order valence-electron chi connectivity index (χ4n) is 4.80. The summed E-state index contributed by atoms with van der Waals surface area (Å²) in [4.78, 5) is 25.0. The molecule has 1 aliphatic heterocycles. The molecule has 8 nitrogen and oxygen atoms in total. The van der Waals surface area contributed by atoms with Crippen molar-refractivity contribution < 1.29 is 14.6 Å². The van der Waals surface area contributed by atoms with E-state index in [9.17, 15) is 9.90 Å². The molecule has 1 saturated carbocycles. The Bertz CT molecular complexity index is 1140. The second kappa shape index (κ2) is 10.3. The minimum Gasteiger partial charge on any atom is -0.480 e. The number of nitrogens with one attached hydrogen (secondary N) is 2. The van der Waals surface area contributed by atoms with E-state index in [0.29, 0.717) is 24.8 Å². The number of hydrogen-bond donors (Lipinski definition) is 3. The van der Waals surface area contributed by atoms with E-state index >= 15 is 0 Å². The van der Waals surface area contributed by atoms with E-state index in [1.54, 1.807) is 0 Å². The van der Waals surface area contributed by atoms with Crippen LogP contribution in [0, 0.1) is 5.92 Å². The van der Waals surface area contributed by atoms with Crippen LogP contribution in [0.5, 0.6) is 0 Å². The molecule has 0 amide bonds. The lowest BCUT2D eigenvalue weighted by Gasteiger charge is -2.35. The number of benzene rings is 1. The van der Waals surface area contributed by atoms with Gasteiger partial charge in [0.15, 0.2) is 0 Å². The van der Waals surface area contributed by atoms with Crippen molar-refractivity contribution in [2.24, 2.45) is 5.92 Å². The maximum Gasteiger partial charge on any atom is 0.326 e. The second-order valence-electron chi connectivity index (χ2n) is 9.27. The molecule has 0 bridgehead atoms. The number of para-hydroxylation sites is 1. The maximum absolute atomic E-state index is 11.8. The number of ether oxygens (including phenoxy) is 1. The van der Waals surface area contributed by atoms with Gasteiger partial charge in [-0.2, -0.15) is 0 Å². The molecule has 3 aromatic rings. The average Bonchev–Trinajstić information content (AvgIpc) is 2.84. The number of aromatic nitrogens is 3. The monoisotopic (exact) mass is 461 g/mol. The summed E-state index contributed by atoms with van der Waals surface area (Å²) in [5.74, 6) is 1.34. The summed E-state index contributed by atoms with van der Waals surface area (Å²) in [5.41, 5.74) is 3.27. The van der Waals surface area contributed by atoms with E-state index < -0.39 is 12.0 Å². The summed E-state index contributed by atoms with van der Waals surface area (Å²) in [6, 6.07) is 11.2. The van der Waals surface area contributed by atoms with Crippen molar-refractivity contribution in [1.82, 2.24) is 15.0 Å². The van der Waals surface area contributed by atoms with Crippen LogP contribution in [0.15, 0.2) is 42.7 Å². The van der Waals surface area contributed by atoms with Crippen molar-refractivity contribution >= 4 is 28.5 Å². The van der Waals surface area contributed by atoms with Gasteiger partial charge < -0.3 is 20.5 Å². The average molecular weight is 462 g/mol. The molecule has 1 fully saturated rings. The van der Waals surface area contributed by atoms with Crippen LogP contribution in [0.4, 0.5) is 11.6 Å². The molecule has 0 spiro atoms. The highest BCUT2D eigenvalue weighted by Gasteiger charge is 2.30. The highest BCUT2D eigenvalue weighted by Crippen LogP contribution is 2.34. The quantitative estimate of drug-likeness (QED) is 0.415. The van der Waals surface area contributed by atoms with Crippen molar-refractivity contribution in [1.29, 1.82) is 0 Å². The van der Waals surface area contributed by atoms with Crippen molar-refractivity contribution in [3.63, 3.8) is 0 Å². The number of rotatable bonds is 10. The van der Waals surface area contributed by atoms with E-state index in [0.717, 1.165) is 61.1 Å². The number of carboxylic acids is 1. The summed E-state index contributed by atoms with van der Waals surface area (Å²) in [5, 5.41) is 16.9. The molecule has 1 aliphatic carbocycles. The topological polar surface area (TPSA) is 109 Å². The molecule has 1 atom stereocenters. The van der Waals surface area contributed by atoms with Crippen LogP contribution in [0.2, 0.25) is 0 Å². The third kappa shape index (κ3) is 5.28. The standard InChI is InChI=1S/C26H31N5O3/c32-26(33)23(31-25-21-5-1-2-6-22(21)28-16-29-25)11-13-34-20-14-17(15-20)7-9-19-10-8-18-4-3-12-27-24(18)30-19/h1-2,5-6,8,10,16-17,20,23H,3-4,7,9,11-15H2,(H,27,30)(H,32,33)(H,28,29,31)/t17-,20-,23-/m0/s1. The summed E-state index contributed by atoms with van der Waals surface area (Å²) in [6.07, 6.45) is 8.51. The third-order valence-corrected chi connectivity index (χ3v) is 6.86. The largest absolute Gasteiger partial charge is 0.480 e. The van der Waals surface area contributed by atoms with Gasteiger partial charge in [-0.3, -0.25) is 0 Å². The molecule has 1 aromatic carbocycles. The predicted octanol–water partition coefficient (Wildman–Crippen LogP) is 4.07. The van der Waals surface area contributed by atoms with Gasteiger partial charge in [0.25, 0.3) is 0 Å². The van der Waals surface area contributed by atoms with Crippen LogP contribution in [-0.4, -0.2) is 51.3 Å². The zero-order valence-electron chi connectivity index (χ0n) is 19.2. The lowest BCUT2D eigenvalue weighted by molar-refractivity contribution is -0.138. The van der Waals surface area contributed by atoms with Gasteiger partial charge in [-0.1, -0.05) is 18.2 Å². The van der Waals surface area contributed by atoms with Gasteiger partial charge in [-0.05, 0) is 68.2 Å². The van der Waals surface area contributed by atoms with Gasteiger partial charge >= 0.3 is 5.97 Å². The minimum atomic E-state index is -0.912. The smallest absolute Gasteiger partial charge is 0.326 e.